The molecule has 96 valence electrons. The Morgan fingerprint density at radius 3 is 3.20 bits per heavy atom. The minimum atomic E-state index is 0.840. The first-order valence-electron chi connectivity index (χ1n) is 6.62. The molecule has 4 aromatic rings. The molecule has 0 radical (unpaired) electrons. The SMILES string of the molecule is C[n+]1c2n(c3cc4cnccn4c31)Cc1ncccc1-2. The highest BCUT2D eigenvalue weighted by atomic mass is 15.2. The Morgan fingerprint density at radius 1 is 1.30 bits per heavy atom. The van der Waals surface area contributed by atoms with Gasteiger partial charge in [0.1, 0.15) is 12.1 Å². The summed E-state index contributed by atoms with van der Waals surface area (Å²) in [6.07, 6.45) is 7.60. The van der Waals surface area contributed by atoms with Gasteiger partial charge in [0.05, 0.1) is 36.9 Å². The molecule has 5 nitrogen and oxygen atoms in total. The standard InChI is InChI=1S/C15H12N5/c1-18-14-11-3-2-4-17-12(11)9-20(14)13-7-10-8-16-5-6-19(10)15(13)18/h2-8H,9H2,1H3/q+1. The van der Waals surface area contributed by atoms with Crippen molar-refractivity contribution in [2.45, 2.75) is 6.54 Å². The third kappa shape index (κ3) is 1.02. The number of fused-ring (bicyclic) bond motifs is 7. The Labute approximate surface area is 114 Å². The maximum Gasteiger partial charge on any atom is 0.273 e. The highest BCUT2D eigenvalue weighted by Gasteiger charge is 2.33. The van der Waals surface area contributed by atoms with Crippen molar-refractivity contribution >= 4 is 16.7 Å². The third-order valence-electron chi connectivity index (χ3n) is 4.15. The summed E-state index contributed by atoms with van der Waals surface area (Å²) in [5.74, 6) is 1.23. The summed E-state index contributed by atoms with van der Waals surface area (Å²) in [5.41, 5.74) is 5.93. The van der Waals surface area contributed by atoms with Crippen LogP contribution in [-0.4, -0.2) is 18.9 Å². The molecular formula is C15H12N5+. The number of nitrogens with zero attached hydrogens (tertiary/aromatic N) is 5. The summed E-state index contributed by atoms with van der Waals surface area (Å²) in [7, 11) is 2.11. The first-order chi connectivity index (χ1) is 9.84. The van der Waals surface area contributed by atoms with Gasteiger partial charge in [0.2, 0.25) is 5.82 Å². The van der Waals surface area contributed by atoms with Crippen molar-refractivity contribution in [2.75, 3.05) is 0 Å². The number of hydrogen-bond acceptors (Lipinski definition) is 2. The molecule has 0 spiro atoms. The smallest absolute Gasteiger partial charge is 0.258 e. The van der Waals surface area contributed by atoms with Crippen molar-refractivity contribution in [1.82, 2.24) is 18.9 Å². The molecule has 0 amide bonds. The lowest BCUT2D eigenvalue weighted by Gasteiger charge is -1.96. The summed E-state index contributed by atoms with van der Waals surface area (Å²) in [4.78, 5) is 8.69. The fourth-order valence-corrected chi connectivity index (χ4v) is 3.33. The van der Waals surface area contributed by atoms with Crippen LogP contribution < -0.4 is 4.57 Å². The van der Waals surface area contributed by atoms with Gasteiger partial charge in [-0.25, -0.2) is 13.5 Å². The summed E-state index contributed by atoms with van der Waals surface area (Å²) < 4.78 is 6.76. The van der Waals surface area contributed by atoms with E-state index in [2.05, 4.69) is 42.7 Å². The number of hydrogen-bond donors (Lipinski definition) is 0. The highest BCUT2D eigenvalue weighted by molar-refractivity contribution is 5.83. The number of imidazole rings is 1. The first kappa shape index (κ1) is 10.1. The zero-order valence-corrected chi connectivity index (χ0v) is 11.0. The topological polar surface area (TPSA) is 39.0 Å². The van der Waals surface area contributed by atoms with Gasteiger partial charge < -0.3 is 0 Å². The van der Waals surface area contributed by atoms with Crippen molar-refractivity contribution in [1.29, 1.82) is 0 Å². The average Bonchev–Trinajstić information content (AvgIpc) is 3.10. The highest BCUT2D eigenvalue weighted by Crippen LogP contribution is 2.32. The Morgan fingerprint density at radius 2 is 2.25 bits per heavy atom. The molecule has 0 bridgehead atoms. The maximum absolute atomic E-state index is 4.49. The van der Waals surface area contributed by atoms with Gasteiger partial charge in [0, 0.05) is 12.3 Å². The lowest BCUT2D eigenvalue weighted by Crippen LogP contribution is -2.30. The molecule has 1 aliphatic heterocycles. The van der Waals surface area contributed by atoms with Gasteiger partial charge in [0.25, 0.3) is 5.65 Å². The van der Waals surface area contributed by atoms with Crippen LogP contribution >= 0.6 is 0 Å². The second-order valence-corrected chi connectivity index (χ2v) is 5.19. The van der Waals surface area contributed by atoms with Crippen LogP contribution in [0.2, 0.25) is 0 Å². The minimum absolute atomic E-state index is 0.840. The van der Waals surface area contributed by atoms with Crippen LogP contribution in [0.25, 0.3) is 28.1 Å². The van der Waals surface area contributed by atoms with E-state index >= 15 is 0 Å². The van der Waals surface area contributed by atoms with Crippen LogP contribution in [0.4, 0.5) is 0 Å². The largest absolute Gasteiger partial charge is 0.273 e. The molecule has 0 saturated heterocycles. The van der Waals surface area contributed by atoms with Gasteiger partial charge in [0.15, 0.2) is 5.52 Å². The third-order valence-corrected chi connectivity index (χ3v) is 4.15. The molecule has 0 N–H and O–H groups in total. The van der Waals surface area contributed by atoms with Crippen molar-refractivity contribution in [3.05, 3.63) is 48.7 Å². The van der Waals surface area contributed by atoms with Crippen molar-refractivity contribution in [3.63, 3.8) is 0 Å². The molecule has 4 aromatic heterocycles. The fourth-order valence-electron chi connectivity index (χ4n) is 3.33. The van der Waals surface area contributed by atoms with Crippen molar-refractivity contribution < 1.29 is 4.57 Å². The van der Waals surface area contributed by atoms with Crippen molar-refractivity contribution in [3.8, 4) is 11.4 Å². The molecule has 5 heteroatoms. The molecule has 5 heterocycles. The Kier molecular flexibility index (Phi) is 1.65. The lowest BCUT2D eigenvalue weighted by atomic mass is 10.2. The molecule has 0 saturated carbocycles. The molecule has 0 atom stereocenters. The Bertz CT molecular complexity index is 992. The average molecular weight is 262 g/mol. The van der Waals surface area contributed by atoms with Crippen LogP contribution in [0.1, 0.15) is 5.69 Å². The monoisotopic (exact) mass is 262 g/mol. The second-order valence-electron chi connectivity index (χ2n) is 5.19. The van der Waals surface area contributed by atoms with Crippen molar-refractivity contribution in [2.24, 2.45) is 7.05 Å². The normalized spacial score (nSPS) is 13.1. The maximum atomic E-state index is 4.49. The van der Waals surface area contributed by atoms with Gasteiger partial charge in [-0.2, -0.15) is 0 Å². The number of rotatable bonds is 0. The first-order valence-corrected chi connectivity index (χ1v) is 6.62. The molecule has 5 rings (SSSR count). The zero-order chi connectivity index (χ0) is 13.3. The van der Waals surface area contributed by atoms with Gasteiger partial charge in [-0.3, -0.25) is 9.97 Å². The van der Waals surface area contributed by atoms with E-state index in [1.807, 2.05) is 30.9 Å². The van der Waals surface area contributed by atoms with E-state index in [0.29, 0.717) is 0 Å². The fraction of sp³-hybridized carbons (Fsp3) is 0.133. The quantitative estimate of drug-likeness (QED) is 0.397. The molecular weight excluding hydrogens is 250 g/mol. The molecule has 0 aromatic carbocycles. The van der Waals surface area contributed by atoms with E-state index in [1.54, 1.807) is 0 Å². The summed E-state index contributed by atoms with van der Waals surface area (Å²) in [6, 6.07) is 6.34. The summed E-state index contributed by atoms with van der Waals surface area (Å²) >= 11 is 0. The molecule has 0 aliphatic carbocycles. The Hall–Kier alpha value is -2.69. The van der Waals surface area contributed by atoms with Crippen LogP contribution in [0.15, 0.2) is 43.0 Å². The van der Waals surface area contributed by atoms with E-state index in [1.165, 1.54) is 22.6 Å². The van der Waals surface area contributed by atoms with E-state index in [0.717, 1.165) is 17.8 Å². The lowest BCUT2D eigenvalue weighted by molar-refractivity contribution is -0.636. The van der Waals surface area contributed by atoms with E-state index < -0.39 is 0 Å². The van der Waals surface area contributed by atoms with Gasteiger partial charge in [-0.1, -0.05) is 0 Å². The summed E-state index contributed by atoms with van der Waals surface area (Å²) in [5, 5.41) is 0. The summed E-state index contributed by atoms with van der Waals surface area (Å²) in [6.45, 7) is 0.840. The van der Waals surface area contributed by atoms with Gasteiger partial charge in [-0.05, 0) is 12.1 Å². The zero-order valence-electron chi connectivity index (χ0n) is 11.0. The van der Waals surface area contributed by atoms with Crippen LogP contribution in [0.5, 0.6) is 0 Å². The molecule has 1 aliphatic rings. The molecule has 20 heavy (non-hydrogen) atoms. The Balaban J connectivity index is 1.98. The van der Waals surface area contributed by atoms with Crippen LogP contribution in [-0.2, 0) is 13.6 Å². The van der Waals surface area contributed by atoms with Crippen LogP contribution in [0, 0.1) is 0 Å². The van der Waals surface area contributed by atoms with E-state index in [4.69, 9.17) is 0 Å². The van der Waals surface area contributed by atoms with Gasteiger partial charge in [-0.15, -0.1) is 0 Å². The second kappa shape index (κ2) is 3.25. The number of aromatic nitrogens is 5. The minimum Gasteiger partial charge on any atom is -0.258 e. The number of pyridine rings is 1. The molecule has 0 unspecified atom stereocenters. The molecule has 0 fully saturated rings. The van der Waals surface area contributed by atoms with E-state index in [-0.39, 0.29) is 0 Å². The van der Waals surface area contributed by atoms with E-state index in [9.17, 15) is 0 Å². The van der Waals surface area contributed by atoms with Gasteiger partial charge >= 0.3 is 0 Å². The van der Waals surface area contributed by atoms with Crippen LogP contribution in [0.3, 0.4) is 0 Å². The number of aryl methyl sites for hydroxylation is 1. The predicted molar refractivity (Wildman–Crippen MR) is 74.2 cm³/mol. The predicted octanol–water partition coefficient (Wildman–Crippen LogP) is 1.54.